The molecule has 0 saturated heterocycles. The van der Waals surface area contributed by atoms with Crippen molar-refractivity contribution >= 4 is 23.7 Å². The van der Waals surface area contributed by atoms with Crippen molar-refractivity contribution in [2.45, 2.75) is 19.3 Å². The lowest BCUT2D eigenvalue weighted by Gasteiger charge is -2.21. The van der Waals surface area contributed by atoms with Gasteiger partial charge < -0.3 is 9.57 Å². The van der Waals surface area contributed by atoms with E-state index < -0.39 is 5.41 Å². The van der Waals surface area contributed by atoms with Crippen molar-refractivity contribution in [1.82, 2.24) is 4.98 Å². The van der Waals surface area contributed by atoms with E-state index in [1.807, 2.05) is 19.2 Å². The summed E-state index contributed by atoms with van der Waals surface area (Å²) in [5.41, 5.74) is 0.746. The van der Waals surface area contributed by atoms with Crippen LogP contribution in [0.2, 0.25) is 0 Å². The van der Waals surface area contributed by atoms with Gasteiger partial charge in [-0.2, -0.15) is 0 Å². The zero-order chi connectivity index (χ0) is 16.2. The van der Waals surface area contributed by atoms with Crippen LogP contribution >= 0.6 is 11.3 Å². The quantitative estimate of drug-likeness (QED) is 0.366. The highest BCUT2D eigenvalue weighted by Gasteiger charge is 2.33. The Kier molecular flexibility index (Phi) is 4.87. The van der Waals surface area contributed by atoms with Crippen LogP contribution in [0.3, 0.4) is 0 Å². The third-order valence-corrected chi connectivity index (χ3v) is 4.00. The number of oxime groups is 1. The molecular formula is C15H15FN2O3S. The summed E-state index contributed by atoms with van der Waals surface area (Å²) in [6.45, 7) is 3.93. The topological polar surface area (TPSA) is 60.8 Å². The molecule has 0 amide bonds. The molecule has 0 fully saturated rings. The number of halogens is 1. The summed E-state index contributed by atoms with van der Waals surface area (Å²) >= 11 is 1.42. The summed E-state index contributed by atoms with van der Waals surface area (Å²) in [6.07, 6.45) is 0. The molecule has 0 aliphatic carbocycles. The third-order valence-electron chi connectivity index (χ3n) is 3.10. The van der Waals surface area contributed by atoms with Crippen molar-refractivity contribution in [2.24, 2.45) is 5.16 Å². The second-order valence-corrected chi connectivity index (χ2v) is 5.82. The maximum Gasteiger partial charge on any atom is 0.299 e. The molecule has 1 aromatic heterocycles. The molecule has 116 valence electrons. The zero-order valence-corrected chi connectivity index (χ0v) is 13.2. The molecule has 0 radical (unpaired) electrons. The molecule has 0 aliphatic rings. The van der Waals surface area contributed by atoms with Crippen molar-refractivity contribution in [3.8, 4) is 10.6 Å². The van der Waals surface area contributed by atoms with Crippen LogP contribution in [0, 0.1) is 5.82 Å². The molecule has 5 nitrogen and oxygen atoms in total. The van der Waals surface area contributed by atoms with E-state index in [0.717, 1.165) is 10.6 Å². The lowest BCUT2D eigenvalue weighted by molar-refractivity contribution is -0.122. The van der Waals surface area contributed by atoms with Gasteiger partial charge in [0, 0.05) is 10.9 Å². The third kappa shape index (κ3) is 3.30. The Hall–Kier alpha value is -2.28. The molecule has 2 aromatic rings. The lowest BCUT2D eigenvalue weighted by Crippen LogP contribution is -2.31. The Balaban J connectivity index is 2.35. The van der Waals surface area contributed by atoms with Crippen LogP contribution in [0.4, 0.5) is 4.39 Å². The standard InChI is InChI=1S/C15H15FN2O3S/c1-15(2,14(18-20-3)21-9-19)12-8-22-13(17-12)10-4-6-11(16)7-5-10/h4-9H,1-3H3/b18-14-. The molecule has 0 saturated carbocycles. The molecule has 0 atom stereocenters. The van der Waals surface area contributed by atoms with Gasteiger partial charge >= 0.3 is 0 Å². The molecule has 0 aliphatic heterocycles. The summed E-state index contributed by atoms with van der Waals surface area (Å²) in [6, 6.07) is 6.10. The van der Waals surface area contributed by atoms with Crippen LogP contribution in [0.1, 0.15) is 19.5 Å². The first-order valence-electron chi connectivity index (χ1n) is 6.43. The van der Waals surface area contributed by atoms with Crippen molar-refractivity contribution in [3.05, 3.63) is 41.2 Å². The normalized spacial score (nSPS) is 12.1. The highest BCUT2D eigenvalue weighted by Crippen LogP contribution is 2.31. The number of rotatable bonds is 5. The molecule has 2 rings (SSSR count). The highest BCUT2D eigenvalue weighted by molar-refractivity contribution is 7.13. The number of nitrogens with zero attached hydrogens (tertiary/aromatic N) is 2. The fraction of sp³-hybridized carbons (Fsp3) is 0.267. The zero-order valence-electron chi connectivity index (χ0n) is 12.4. The lowest BCUT2D eigenvalue weighted by atomic mass is 9.90. The van der Waals surface area contributed by atoms with Crippen LogP contribution in [0.5, 0.6) is 0 Å². The summed E-state index contributed by atoms with van der Waals surface area (Å²) in [5.74, 6) is -0.185. The summed E-state index contributed by atoms with van der Waals surface area (Å²) in [7, 11) is 1.37. The number of hydrogen-bond acceptors (Lipinski definition) is 6. The maximum absolute atomic E-state index is 13.0. The average molecular weight is 322 g/mol. The summed E-state index contributed by atoms with van der Waals surface area (Å²) in [4.78, 5) is 19.9. The van der Waals surface area contributed by atoms with Crippen LogP contribution < -0.4 is 0 Å². The molecule has 22 heavy (non-hydrogen) atoms. The van der Waals surface area contributed by atoms with Gasteiger partial charge in [0.15, 0.2) is 0 Å². The van der Waals surface area contributed by atoms with Gasteiger partial charge in [-0.15, -0.1) is 11.3 Å². The minimum absolute atomic E-state index is 0.112. The van der Waals surface area contributed by atoms with Crippen LogP contribution in [-0.2, 0) is 19.8 Å². The summed E-state index contributed by atoms with van der Waals surface area (Å²) in [5, 5.41) is 6.32. The fourth-order valence-electron chi connectivity index (χ4n) is 1.81. The van der Waals surface area contributed by atoms with Gasteiger partial charge in [0.25, 0.3) is 6.47 Å². The maximum atomic E-state index is 13.0. The van der Waals surface area contributed by atoms with E-state index in [1.54, 1.807) is 12.1 Å². The number of hydrogen-bond donors (Lipinski definition) is 0. The fourth-order valence-corrected chi connectivity index (χ4v) is 2.80. The smallest absolute Gasteiger partial charge is 0.299 e. The van der Waals surface area contributed by atoms with Gasteiger partial charge in [-0.1, -0.05) is 5.16 Å². The molecule has 0 bridgehead atoms. The molecule has 1 aromatic carbocycles. The van der Waals surface area contributed by atoms with Crippen molar-refractivity contribution < 1.29 is 18.8 Å². The highest BCUT2D eigenvalue weighted by atomic mass is 32.1. The molecular weight excluding hydrogens is 307 g/mol. The predicted molar refractivity (Wildman–Crippen MR) is 82.1 cm³/mol. The Bertz CT molecular complexity index is 680. The van der Waals surface area contributed by atoms with Crippen LogP contribution in [-0.4, -0.2) is 24.5 Å². The molecule has 0 unspecified atom stereocenters. The van der Waals surface area contributed by atoms with E-state index in [4.69, 9.17) is 9.57 Å². The van der Waals surface area contributed by atoms with Gasteiger partial charge in [-0.3, -0.25) is 4.79 Å². The van der Waals surface area contributed by atoms with E-state index in [9.17, 15) is 9.18 Å². The predicted octanol–water partition coefficient (Wildman–Crippen LogP) is 3.36. The minimum Gasteiger partial charge on any atom is -0.409 e. The Labute approximate surface area is 131 Å². The second-order valence-electron chi connectivity index (χ2n) is 4.96. The molecule has 7 heteroatoms. The molecule has 0 spiro atoms. The molecule has 1 heterocycles. The number of thiazole rings is 1. The first-order valence-corrected chi connectivity index (χ1v) is 7.31. The van der Waals surface area contributed by atoms with Gasteiger partial charge in [-0.25, -0.2) is 9.37 Å². The Morgan fingerprint density at radius 1 is 1.36 bits per heavy atom. The number of benzene rings is 1. The van der Waals surface area contributed by atoms with Crippen molar-refractivity contribution in [2.75, 3.05) is 7.11 Å². The van der Waals surface area contributed by atoms with E-state index in [0.29, 0.717) is 12.2 Å². The van der Waals surface area contributed by atoms with Gasteiger partial charge in [0.1, 0.15) is 17.9 Å². The average Bonchev–Trinajstić information content (AvgIpc) is 2.98. The monoisotopic (exact) mass is 322 g/mol. The van der Waals surface area contributed by atoms with E-state index in [1.165, 1.54) is 30.6 Å². The van der Waals surface area contributed by atoms with Crippen molar-refractivity contribution in [3.63, 3.8) is 0 Å². The number of carbonyl (C=O) groups is 1. The number of aromatic nitrogens is 1. The Morgan fingerprint density at radius 2 is 2.05 bits per heavy atom. The van der Waals surface area contributed by atoms with Gasteiger partial charge in [-0.05, 0) is 38.1 Å². The second kappa shape index (κ2) is 6.65. The summed E-state index contributed by atoms with van der Waals surface area (Å²) < 4.78 is 17.9. The van der Waals surface area contributed by atoms with E-state index >= 15 is 0 Å². The SMILES string of the molecule is CO/N=C(\OC=O)C(C)(C)c1csc(-c2ccc(F)cc2)n1. The first kappa shape index (κ1) is 16.1. The molecule has 0 N–H and O–H groups in total. The van der Waals surface area contributed by atoms with Crippen LogP contribution in [0.15, 0.2) is 34.8 Å². The number of ether oxygens (including phenoxy) is 1. The first-order chi connectivity index (χ1) is 10.5. The number of carbonyl (C=O) groups excluding carboxylic acids is 1. The van der Waals surface area contributed by atoms with Gasteiger partial charge in [0.2, 0.25) is 5.90 Å². The van der Waals surface area contributed by atoms with E-state index in [-0.39, 0.29) is 11.7 Å². The van der Waals surface area contributed by atoms with Crippen molar-refractivity contribution in [1.29, 1.82) is 0 Å². The minimum atomic E-state index is -0.744. The Morgan fingerprint density at radius 3 is 2.64 bits per heavy atom. The van der Waals surface area contributed by atoms with Crippen LogP contribution in [0.25, 0.3) is 10.6 Å². The van der Waals surface area contributed by atoms with E-state index in [2.05, 4.69) is 10.1 Å². The largest absolute Gasteiger partial charge is 0.409 e. The van der Waals surface area contributed by atoms with Gasteiger partial charge in [0.05, 0.1) is 11.1 Å².